The first-order valence-electron chi connectivity index (χ1n) is 7.51. The molecule has 110 valence electrons. The molecule has 2 N–H and O–H groups in total. The summed E-state index contributed by atoms with van der Waals surface area (Å²) in [6, 6.07) is 15.6. The largest absolute Gasteiger partial charge is 0.326 e. The molecule has 1 aliphatic rings. The minimum Gasteiger partial charge on any atom is -0.326 e. The summed E-state index contributed by atoms with van der Waals surface area (Å²) in [6.07, 6.45) is 1.18. The Labute approximate surface area is 125 Å². The zero-order chi connectivity index (χ0) is 14.7. The van der Waals surface area contributed by atoms with E-state index in [1.807, 2.05) is 6.07 Å². The van der Waals surface area contributed by atoms with Gasteiger partial charge in [-0.1, -0.05) is 36.4 Å². The highest BCUT2D eigenvalue weighted by Crippen LogP contribution is 2.28. The molecule has 0 bridgehead atoms. The predicted octanol–water partition coefficient (Wildman–Crippen LogP) is 3.27. The van der Waals surface area contributed by atoms with Crippen LogP contribution in [0, 0.1) is 5.82 Å². The quantitative estimate of drug-likeness (QED) is 0.933. The van der Waals surface area contributed by atoms with Gasteiger partial charge in [0.05, 0.1) is 0 Å². The molecule has 21 heavy (non-hydrogen) atoms. The van der Waals surface area contributed by atoms with Gasteiger partial charge in [0.2, 0.25) is 0 Å². The number of nitrogens with two attached hydrogens (primary N) is 1. The van der Waals surface area contributed by atoms with Crippen LogP contribution in [0.2, 0.25) is 0 Å². The molecule has 1 atom stereocenters. The standard InChI is InChI=1S/C18H21FN2/c19-18-7-6-15(17(10-18)11-20)12-21-9-8-16(13-21)14-4-2-1-3-5-14/h1-7,10,16H,8-9,11-13,20H2. The normalized spacial score (nSPS) is 19.0. The number of halogens is 1. The third-order valence-corrected chi connectivity index (χ3v) is 4.33. The van der Waals surface area contributed by atoms with Crippen LogP contribution < -0.4 is 5.73 Å². The molecule has 1 saturated heterocycles. The van der Waals surface area contributed by atoms with E-state index in [0.29, 0.717) is 12.5 Å². The molecular formula is C18H21FN2. The fraction of sp³-hybridized carbons (Fsp3) is 0.333. The molecule has 0 aromatic heterocycles. The lowest BCUT2D eigenvalue weighted by Crippen LogP contribution is -2.21. The second-order valence-electron chi connectivity index (χ2n) is 5.75. The van der Waals surface area contributed by atoms with E-state index in [1.165, 1.54) is 18.1 Å². The number of nitrogens with zero attached hydrogens (tertiary/aromatic N) is 1. The lowest BCUT2D eigenvalue weighted by molar-refractivity contribution is 0.325. The molecule has 0 amide bonds. The summed E-state index contributed by atoms with van der Waals surface area (Å²) < 4.78 is 13.3. The van der Waals surface area contributed by atoms with Gasteiger partial charge in [-0.3, -0.25) is 4.90 Å². The molecule has 0 spiro atoms. The van der Waals surface area contributed by atoms with E-state index in [1.54, 1.807) is 6.07 Å². The van der Waals surface area contributed by atoms with E-state index in [0.717, 1.165) is 30.8 Å². The maximum atomic E-state index is 13.3. The number of likely N-dealkylation sites (tertiary alicyclic amines) is 1. The lowest BCUT2D eigenvalue weighted by atomic mass is 9.99. The summed E-state index contributed by atoms with van der Waals surface area (Å²) in [4.78, 5) is 2.43. The molecular weight excluding hydrogens is 263 g/mol. The van der Waals surface area contributed by atoms with Crippen LogP contribution in [0.3, 0.4) is 0 Å². The van der Waals surface area contributed by atoms with Crippen LogP contribution in [0.1, 0.15) is 29.0 Å². The molecule has 3 heteroatoms. The van der Waals surface area contributed by atoms with Gasteiger partial charge >= 0.3 is 0 Å². The summed E-state index contributed by atoms with van der Waals surface area (Å²) in [5.74, 6) is 0.399. The lowest BCUT2D eigenvalue weighted by Gasteiger charge is -2.18. The van der Waals surface area contributed by atoms with E-state index in [-0.39, 0.29) is 5.82 Å². The molecule has 2 aromatic carbocycles. The molecule has 3 rings (SSSR count). The van der Waals surface area contributed by atoms with Crippen LogP contribution in [-0.2, 0) is 13.1 Å². The fourth-order valence-electron chi connectivity index (χ4n) is 3.15. The van der Waals surface area contributed by atoms with E-state index >= 15 is 0 Å². The SMILES string of the molecule is NCc1cc(F)ccc1CN1CCC(c2ccccc2)C1. The van der Waals surface area contributed by atoms with Gasteiger partial charge in [0.1, 0.15) is 5.82 Å². The average Bonchev–Trinajstić information content (AvgIpc) is 2.98. The van der Waals surface area contributed by atoms with Crippen LogP contribution in [-0.4, -0.2) is 18.0 Å². The van der Waals surface area contributed by atoms with Crippen LogP contribution in [0.5, 0.6) is 0 Å². The van der Waals surface area contributed by atoms with Crippen molar-refractivity contribution < 1.29 is 4.39 Å². The molecule has 2 nitrogen and oxygen atoms in total. The molecule has 0 radical (unpaired) electrons. The highest BCUT2D eigenvalue weighted by Gasteiger charge is 2.24. The minimum atomic E-state index is -0.206. The van der Waals surface area contributed by atoms with Crippen LogP contribution in [0.15, 0.2) is 48.5 Å². The Balaban J connectivity index is 1.68. The Morgan fingerprint density at radius 1 is 1.10 bits per heavy atom. The van der Waals surface area contributed by atoms with Crippen molar-refractivity contribution in [2.45, 2.75) is 25.4 Å². The van der Waals surface area contributed by atoms with Gasteiger partial charge in [-0.2, -0.15) is 0 Å². The molecule has 2 aromatic rings. The Morgan fingerprint density at radius 3 is 2.67 bits per heavy atom. The van der Waals surface area contributed by atoms with Crippen molar-refractivity contribution in [3.8, 4) is 0 Å². The Kier molecular flexibility index (Phi) is 4.32. The maximum absolute atomic E-state index is 13.3. The second-order valence-corrected chi connectivity index (χ2v) is 5.75. The van der Waals surface area contributed by atoms with Crippen LogP contribution in [0.4, 0.5) is 4.39 Å². The number of rotatable bonds is 4. The summed E-state index contributed by atoms with van der Waals surface area (Å²) in [6.45, 7) is 3.39. The van der Waals surface area contributed by atoms with Crippen molar-refractivity contribution >= 4 is 0 Å². The number of hydrogen-bond acceptors (Lipinski definition) is 2. The topological polar surface area (TPSA) is 29.3 Å². The van der Waals surface area contributed by atoms with Crippen molar-refractivity contribution in [1.29, 1.82) is 0 Å². The van der Waals surface area contributed by atoms with Crippen molar-refractivity contribution in [3.05, 3.63) is 71.0 Å². The average molecular weight is 284 g/mol. The Hall–Kier alpha value is -1.71. The second kappa shape index (κ2) is 6.37. The van der Waals surface area contributed by atoms with Crippen molar-refractivity contribution in [1.82, 2.24) is 4.90 Å². The zero-order valence-corrected chi connectivity index (χ0v) is 12.1. The molecule has 1 fully saturated rings. The van der Waals surface area contributed by atoms with Crippen molar-refractivity contribution in [2.75, 3.05) is 13.1 Å². The Morgan fingerprint density at radius 2 is 1.90 bits per heavy atom. The van der Waals surface area contributed by atoms with Gasteiger partial charge in [-0.15, -0.1) is 0 Å². The first kappa shape index (κ1) is 14.2. The smallest absolute Gasteiger partial charge is 0.123 e. The monoisotopic (exact) mass is 284 g/mol. The molecule has 1 unspecified atom stereocenters. The van der Waals surface area contributed by atoms with Gasteiger partial charge < -0.3 is 5.73 Å². The van der Waals surface area contributed by atoms with Gasteiger partial charge in [0, 0.05) is 19.6 Å². The highest BCUT2D eigenvalue weighted by atomic mass is 19.1. The summed E-state index contributed by atoms with van der Waals surface area (Å²) in [7, 11) is 0. The molecule has 1 heterocycles. The third-order valence-electron chi connectivity index (χ3n) is 4.33. The number of hydrogen-bond donors (Lipinski definition) is 1. The predicted molar refractivity (Wildman–Crippen MR) is 83.4 cm³/mol. The van der Waals surface area contributed by atoms with E-state index in [9.17, 15) is 4.39 Å². The van der Waals surface area contributed by atoms with Crippen molar-refractivity contribution in [2.24, 2.45) is 5.73 Å². The van der Waals surface area contributed by atoms with Gasteiger partial charge in [-0.25, -0.2) is 4.39 Å². The highest BCUT2D eigenvalue weighted by molar-refractivity contribution is 5.28. The number of benzene rings is 2. The van der Waals surface area contributed by atoms with Gasteiger partial charge in [0.25, 0.3) is 0 Å². The van der Waals surface area contributed by atoms with Crippen LogP contribution >= 0.6 is 0 Å². The third kappa shape index (κ3) is 3.31. The molecule has 0 aliphatic carbocycles. The molecule has 1 aliphatic heterocycles. The van der Waals surface area contributed by atoms with E-state index < -0.39 is 0 Å². The van der Waals surface area contributed by atoms with Gasteiger partial charge in [-0.05, 0) is 47.7 Å². The maximum Gasteiger partial charge on any atom is 0.123 e. The first-order chi connectivity index (χ1) is 10.3. The summed E-state index contributed by atoms with van der Waals surface area (Å²) >= 11 is 0. The van der Waals surface area contributed by atoms with E-state index in [2.05, 4.69) is 35.2 Å². The first-order valence-corrected chi connectivity index (χ1v) is 7.51. The molecule has 0 saturated carbocycles. The van der Waals surface area contributed by atoms with Crippen molar-refractivity contribution in [3.63, 3.8) is 0 Å². The van der Waals surface area contributed by atoms with Crippen LogP contribution in [0.25, 0.3) is 0 Å². The summed E-state index contributed by atoms with van der Waals surface area (Å²) in [5.41, 5.74) is 9.20. The summed E-state index contributed by atoms with van der Waals surface area (Å²) in [5, 5.41) is 0. The fourth-order valence-corrected chi connectivity index (χ4v) is 3.15. The minimum absolute atomic E-state index is 0.206. The van der Waals surface area contributed by atoms with Gasteiger partial charge in [0.15, 0.2) is 0 Å². The zero-order valence-electron chi connectivity index (χ0n) is 12.1. The van der Waals surface area contributed by atoms with E-state index in [4.69, 9.17) is 5.73 Å². The Bertz CT molecular complexity index is 597.